The van der Waals surface area contributed by atoms with E-state index < -0.39 is 0 Å². The molecule has 0 atom stereocenters. The molecule has 1 rings (SSSR count). The van der Waals surface area contributed by atoms with E-state index >= 15 is 0 Å². The first-order valence-electron chi connectivity index (χ1n) is 3.79. The Kier molecular flexibility index (Phi) is 4.21. The van der Waals surface area contributed by atoms with Gasteiger partial charge in [-0.1, -0.05) is 15.9 Å². The molecule has 1 N–H and O–H groups in total. The Labute approximate surface area is 85.4 Å². The van der Waals surface area contributed by atoms with E-state index in [0.29, 0.717) is 5.75 Å². The minimum absolute atomic E-state index is 0.0432. The van der Waals surface area contributed by atoms with Gasteiger partial charge in [-0.25, -0.2) is 0 Å². The van der Waals surface area contributed by atoms with Crippen molar-refractivity contribution >= 4 is 15.9 Å². The van der Waals surface area contributed by atoms with Crippen molar-refractivity contribution in [3.05, 3.63) is 28.2 Å². The third-order valence-corrected chi connectivity index (χ3v) is 2.02. The average Bonchev–Trinajstić information content (AvgIpc) is 2.16. The molecule has 0 aliphatic carbocycles. The van der Waals surface area contributed by atoms with Crippen LogP contribution in [0.3, 0.4) is 0 Å². The van der Waals surface area contributed by atoms with E-state index in [2.05, 4.69) is 15.9 Å². The molecule has 3 nitrogen and oxygen atoms in total. The SMILES string of the molecule is COCOc1ccc(Br)cc1CO. The highest BCUT2D eigenvalue weighted by molar-refractivity contribution is 9.10. The van der Waals surface area contributed by atoms with Gasteiger partial charge < -0.3 is 14.6 Å². The van der Waals surface area contributed by atoms with Crippen molar-refractivity contribution in [2.24, 2.45) is 0 Å². The van der Waals surface area contributed by atoms with Crippen molar-refractivity contribution in [2.45, 2.75) is 6.61 Å². The lowest BCUT2D eigenvalue weighted by atomic mass is 10.2. The van der Waals surface area contributed by atoms with E-state index in [0.717, 1.165) is 10.0 Å². The summed E-state index contributed by atoms with van der Waals surface area (Å²) in [6.45, 7) is 0.146. The molecule has 13 heavy (non-hydrogen) atoms. The summed E-state index contributed by atoms with van der Waals surface area (Å²) in [7, 11) is 1.55. The van der Waals surface area contributed by atoms with Crippen molar-refractivity contribution in [1.82, 2.24) is 0 Å². The van der Waals surface area contributed by atoms with Gasteiger partial charge in [0.1, 0.15) is 5.75 Å². The van der Waals surface area contributed by atoms with Crippen LogP contribution in [0.2, 0.25) is 0 Å². The van der Waals surface area contributed by atoms with Crippen molar-refractivity contribution in [1.29, 1.82) is 0 Å². The molecule has 1 aromatic rings. The van der Waals surface area contributed by atoms with Crippen LogP contribution < -0.4 is 4.74 Å². The van der Waals surface area contributed by atoms with Crippen LogP contribution in [0.4, 0.5) is 0 Å². The Morgan fingerprint density at radius 1 is 1.46 bits per heavy atom. The summed E-state index contributed by atoms with van der Waals surface area (Å²) in [4.78, 5) is 0. The standard InChI is InChI=1S/C9H11BrO3/c1-12-6-13-9-3-2-8(10)4-7(9)5-11/h2-4,11H,5-6H2,1H3. The van der Waals surface area contributed by atoms with Gasteiger partial charge in [0.15, 0.2) is 6.79 Å². The van der Waals surface area contributed by atoms with Crippen LogP contribution >= 0.6 is 15.9 Å². The summed E-state index contributed by atoms with van der Waals surface area (Å²) in [5, 5.41) is 9.00. The molecule has 0 aliphatic rings. The summed E-state index contributed by atoms with van der Waals surface area (Å²) in [6.07, 6.45) is 0. The fraction of sp³-hybridized carbons (Fsp3) is 0.333. The van der Waals surface area contributed by atoms with Gasteiger partial charge in [-0.2, -0.15) is 0 Å². The average molecular weight is 247 g/mol. The lowest BCUT2D eigenvalue weighted by Gasteiger charge is -2.08. The maximum absolute atomic E-state index is 9.00. The van der Waals surface area contributed by atoms with Gasteiger partial charge in [0.2, 0.25) is 0 Å². The van der Waals surface area contributed by atoms with Crippen LogP contribution in [0.1, 0.15) is 5.56 Å². The van der Waals surface area contributed by atoms with Crippen LogP contribution in [0, 0.1) is 0 Å². The van der Waals surface area contributed by atoms with Gasteiger partial charge in [0, 0.05) is 17.1 Å². The summed E-state index contributed by atoms with van der Waals surface area (Å²) in [5.41, 5.74) is 0.742. The lowest BCUT2D eigenvalue weighted by molar-refractivity contribution is 0.0495. The van der Waals surface area contributed by atoms with Gasteiger partial charge >= 0.3 is 0 Å². The Bertz CT molecular complexity index is 276. The number of methoxy groups -OCH3 is 1. The Hall–Kier alpha value is -0.580. The van der Waals surface area contributed by atoms with Gasteiger partial charge in [0.05, 0.1) is 6.61 Å². The molecule has 72 valence electrons. The molecule has 0 saturated carbocycles. The normalized spacial score (nSPS) is 10.1. The summed E-state index contributed by atoms with van der Waals surface area (Å²) < 4.78 is 10.9. The topological polar surface area (TPSA) is 38.7 Å². The lowest BCUT2D eigenvalue weighted by Crippen LogP contribution is -2.01. The van der Waals surface area contributed by atoms with Crippen LogP contribution in [0.25, 0.3) is 0 Å². The predicted molar refractivity (Wildman–Crippen MR) is 52.6 cm³/mol. The van der Waals surface area contributed by atoms with Crippen LogP contribution in [-0.4, -0.2) is 19.0 Å². The van der Waals surface area contributed by atoms with Crippen LogP contribution in [-0.2, 0) is 11.3 Å². The smallest absolute Gasteiger partial charge is 0.188 e. The predicted octanol–water partition coefficient (Wildman–Crippen LogP) is 1.92. The fourth-order valence-electron chi connectivity index (χ4n) is 0.935. The number of hydrogen-bond acceptors (Lipinski definition) is 3. The van der Waals surface area contributed by atoms with Crippen molar-refractivity contribution in [3.63, 3.8) is 0 Å². The molecule has 0 aliphatic heterocycles. The zero-order chi connectivity index (χ0) is 9.68. The number of aliphatic hydroxyl groups is 1. The van der Waals surface area contributed by atoms with Gasteiger partial charge in [-0.3, -0.25) is 0 Å². The first kappa shape index (κ1) is 10.5. The first-order valence-corrected chi connectivity index (χ1v) is 4.58. The number of halogens is 1. The molecule has 0 radical (unpaired) electrons. The van der Waals surface area contributed by atoms with E-state index in [1.54, 1.807) is 13.2 Å². The third-order valence-electron chi connectivity index (χ3n) is 1.53. The van der Waals surface area contributed by atoms with E-state index in [1.165, 1.54) is 0 Å². The Morgan fingerprint density at radius 3 is 2.85 bits per heavy atom. The van der Waals surface area contributed by atoms with E-state index in [1.807, 2.05) is 12.1 Å². The molecule has 0 saturated heterocycles. The maximum atomic E-state index is 9.00. The maximum Gasteiger partial charge on any atom is 0.188 e. The summed E-state index contributed by atoms with van der Waals surface area (Å²) >= 11 is 3.31. The Balaban J connectivity index is 2.79. The molecule has 0 unspecified atom stereocenters. The third kappa shape index (κ3) is 2.99. The van der Waals surface area contributed by atoms with Crippen molar-refractivity contribution in [2.75, 3.05) is 13.9 Å². The van der Waals surface area contributed by atoms with Crippen LogP contribution in [0.15, 0.2) is 22.7 Å². The Morgan fingerprint density at radius 2 is 2.23 bits per heavy atom. The molecule has 0 spiro atoms. The number of ether oxygens (including phenoxy) is 2. The summed E-state index contributed by atoms with van der Waals surface area (Å²) in [5.74, 6) is 0.646. The first-order chi connectivity index (χ1) is 6.27. The monoisotopic (exact) mass is 246 g/mol. The van der Waals surface area contributed by atoms with E-state index in [-0.39, 0.29) is 13.4 Å². The van der Waals surface area contributed by atoms with E-state index in [4.69, 9.17) is 14.6 Å². The van der Waals surface area contributed by atoms with E-state index in [9.17, 15) is 0 Å². The molecular formula is C9H11BrO3. The number of rotatable bonds is 4. The highest BCUT2D eigenvalue weighted by Crippen LogP contribution is 2.22. The molecule has 1 aromatic carbocycles. The van der Waals surface area contributed by atoms with Crippen LogP contribution in [0.5, 0.6) is 5.75 Å². The molecule has 4 heteroatoms. The molecule has 0 aromatic heterocycles. The summed E-state index contributed by atoms with van der Waals surface area (Å²) in [6, 6.07) is 5.45. The number of aliphatic hydroxyl groups excluding tert-OH is 1. The van der Waals surface area contributed by atoms with Gasteiger partial charge in [-0.05, 0) is 18.2 Å². The second-order valence-corrected chi connectivity index (χ2v) is 3.38. The molecular weight excluding hydrogens is 236 g/mol. The molecule has 0 bridgehead atoms. The van der Waals surface area contributed by atoms with Gasteiger partial charge in [0.25, 0.3) is 0 Å². The number of hydrogen-bond donors (Lipinski definition) is 1. The largest absolute Gasteiger partial charge is 0.467 e. The van der Waals surface area contributed by atoms with Gasteiger partial charge in [-0.15, -0.1) is 0 Å². The second kappa shape index (κ2) is 5.21. The fourth-order valence-corrected chi connectivity index (χ4v) is 1.34. The quantitative estimate of drug-likeness (QED) is 0.826. The number of benzene rings is 1. The highest BCUT2D eigenvalue weighted by Gasteiger charge is 2.02. The second-order valence-electron chi connectivity index (χ2n) is 2.46. The minimum Gasteiger partial charge on any atom is -0.467 e. The van der Waals surface area contributed by atoms with Crippen molar-refractivity contribution in [3.8, 4) is 5.75 Å². The minimum atomic E-state index is -0.0432. The zero-order valence-electron chi connectivity index (χ0n) is 7.29. The molecule has 0 fully saturated rings. The zero-order valence-corrected chi connectivity index (χ0v) is 8.87. The van der Waals surface area contributed by atoms with Crippen molar-refractivity contribution < 1.29 is 14.6 Å². The molecule has 0 amide bonds. The highest BCUT2D eigenvalue weighted by atomic mass is 79.9. The molecule has 0 heterocycles.